The number of amides is 1. The molecule has 152 valence electrons. The third kappa shape index (κ3) is 6.19. The summed E-state index contributed by atoms with van der Waals surface area (Å²) in [6, 6.07) is 11.7. The molecular formula is C21H26ClFN2O3. The first kappa shape index (κ1) is 22.1. The first-order valence-electron chi connectivity index (χ1n) is 9.28. The minimum absolute atomic E-state index is 0. The standard InChI is InChI=1S/C21H25FN2O3.ClH/c22-20-6-5-18(27-17-3-1-15(2-4-17)7-10-23)13-19(20)21(25)24-14-16-8-11-26-12-9-16;/h1-6,13,16H,7-12,14,23H2,(H,24,25);1H. The highest BCUT2D eigenvalue weighted by Crippen LogP contribution is 2.24. The van der Waals surface area contributed by atoms with E-state index in [-0.39, 0.29) is 18.0 Å². The molecule has 1 amide bonds. The molecule has 1 heterocycles. The predicted molar refractivity (Wildman–Crippen MR) is 109 cm³/mol. The van der Waals surface area contributed by atoms with Crippen molar-refractivity contribution in [3.05, 3.63) is 59.4 Å². The van der Waals surface area contributed by atoms with Crippen molar-refractivity contribution >= 4 is 18.3 Å². The van der Waals surface area contributed by atoms with Crippen LogP contribution in [-0.4, -0.2) is 32.2 Å². The summed E-state index contributed by atoms with van der Waals surface area (Å²) in [5.74, 6) is 0.417. The Labute approximate surface area is 170 Å². The zero-order chi connectivity index (χ0) is 19.1. The normalized spacial score (nSPS) is 14.2. The smallest absolute Gasteiger partial charge is 0.254 e. The van der Waals surface area contributed by atoms with Gasteiger partial charge in [0.15, 0.2) is 0 Å². The molecule has 3 N–H and O–H groups in total. The van der Waals surface area contributed by atoms with Crippen LogP contribution in [0.5, 0.6) is 11.5 Å². The molecule has 0 aliphatic carbocycles. The summed E-state index contributed by atoms with van der Waals surface area (Å²) in [5.41, 5.74) is 6.65. The van der Waals surface area contributed by atoms with Gasteiger partial charge in [-0.15, -0.1) is 12.4 Å². The molecule has 0 aromatic heterocycles. The minimum Gasteiger partial charge on any atom is -0.457 e. The predicted octanol–water partition coefficient (Wildman–Crippen LogP) is 3.70. The number of nitrogens with one attached hydrogen (secondary N) is 1. The minimum atomic E-state index is -0.565. The van der Waals surface area contributed by atoms with E-state index in [9.17, 15) is 9.18 Å². The summed E-state index contributed by atoms with van der Waals surface area (Å²) in [6.45, 7) is 2.53. The van der Waals surface area contributed by atoms with Crippen molar-refractivity contribution in [1.29, 1.82) is 0 Å². The summed E-state index contributed by atoms with van der Waals surface area (Å²) >= 11 is 0. The maximum absolute atomic E-state index is 14.1. The lowest BCUT2D eigenvalue weighted by atomic mass is 10.0. The molecule has 0 unspecified atom stereocenters. The quantitative estimate of drug-likeness (QED) is 0.732. The number of hydrogen-bond donors (Lipinski definition) is 2. The Kier molecular flexibility index (Phi) is 8.70. The van der Waals surface area contributed by atoms with E-state index in [1.165, 1.54) is 18.2 Å². The van der Waals surface area contributed by atoms with Crippen LogP contribution in [0.4, 0.5) is 4.39 Å². The maximum Gasteiger partial charge on any atom is 0.254 e. The second-order valence-electron chi connectivity index (χ2n) is 6.69. The number of carbonyl (C=O) groups is 1. The van der Waals surface area contributed by atoms with Gasteiger partial charge in [-0.3, -0.25) is 4.79 Å². The molecule has 2 aromatic carbocycles. The fraction of sp³-hybridized carbons (Fsp3) is 0.381. The number of benzene rings is 2. The Hall–Kier alpha value is -2.15. The molecule has 0 radical (unpaired) electrons. The summed E-state index contributed by atoms with van der Waals surface area (Å²) in [5, 5.41) is 2.82. The average molecular weight is 409 g/mol. The van der Waals surface area contributed by atoms with Gasteiger partial charge in [0.2, 0.25) is 0 Å². The zero-order valence-corrected chi connectivity index (χ0v) is 16.5. The number of hydrogen-bond acceptors (Lipinski definition) is 4. The molecule has 0 spiro atoms. The van der Waals surface area contributed by atoms with E-state index in [4.69, 9.17) is 15.2 Å². The lowest BCUT2D eigenvalue weighted by molar-refractivity contribution is 0.0642. The van der Waals surface area contributed by atoms with E-state index in [1.807, 2.05) is 24.3 Å². The molecule has 28 heavy (non-hydrogen) atoms. The van der Waals surface area contributed by atoms with Gasteiger partial charge >= 0.3 is 0 Å². The Morgan fingerprint density at radius 3 is 2.50 bits per heavy atom. The van der Waals surface area contributed by atoms with Crippen molar-refractivity contribution in [3.63, 3.8) is 0 Å². The number of rotatable bonds is 7. The third-order valence-corrected chi connectivity index (χ3v) is 4.67. The molecule has 2 aromatic rings. The molecule has 5 nitrogen and oxygen atoms in total. The van der Waals surface area contributed by atoms with Crippen LogP contribution in [0.15, 0.2) is 42.5 Å². The van der Waals surface area contributed by atoms with Crippen molar-refractivity contribution in [2.24, 2.45) is 11.7 Å². The second-order valence-corrected chi connectivity index (χ2v) is 6.69. The van der Waals surface area contributed by atoms with E-state index >= 15 is 0 Å². The Balaban J connectivity index is 0.00000280. The van der Waals surface area contributed by atoms with Crippen LogP contribution in [-0.2, 0) is 11.2 Å². The highest BCUT2D eigenvalue weighted by Gasteiger charge is 2.17. The largest absolute Gasteiger partial charge is 0.457 e. The lowest BCUT2D eigenvalue weighted by Gasteiger charge is -2.22. The molecule has 0 atom stereocenters. The Bertz CT molecular complexity index is 765. The number of ether oxygens (including phenoxy) is 2. The summed E-state index contributed by atoms with van der Waals surface area (Å²) in [6.07, 6.45) is 2.62. The van der Waals surface area contributed by atoms with Crippen LogP contribution < -0.4 is 15.8 Å². The SMILES string of the molecule is Cl.NCCc1ccc(Oc2ccc(F)c(C(=O)NCC3CCOCC3)c2)cc1. The Morgan fingerprint density at radius 2 is 1.82 bits per heavy atom. The van der Waals surface area contributed by atoms with Crippen LogP contribution in [0.3, 0.4) is 0 Å². The van der Waals surface area contributed by atoms with Crippen molar-refractivity contribution in [2.75, 3.05) is 26.3 Å². The van der Waals surface area contributed by atoms with Gasteiger partial charge in [0, 0.05) is 19.8 Å². The van der Waals surface area contributed by atoms with E-state index < -0.39 is 11.7 Å². The molecule has 0 saturated carbocycles. The third-order valence-electron chi connectivity index (χ3n) is 4.67. The van der Waals surface area contributed by atoms with Gasteiger partial charge in [0.1, 0.15) is 17.3 Å². The van der Waals surface area contributed by atoms with Crippen LogP contribution in [0.1, 0.15) is 28.8 Å². The van der Waals surface area contributed by atoms with Gasteiger partial charge in [-0.1, -0.05) is 12.1 Å². The van der Waals surface area contributed by atoms with Crippen LogP contribution in [0.25, 0.3) is 0 Å². The number of nitrogens with two attached hydrogens (primary N) is 1. The van der Waals surface area contributed by atoms with Gasteiger partial charge in [-0.2, -0.15) is 0 Å². The molecule has 1 aliphatic rings. The fourth-order valence-electron chi connectivity index (χ4n) is 3.05. The molecule has 1 fully saturated rings. The van der Waals surface area contributed by atoms with Crippen molar-refractivity contribution < 1.29 is 18.7 Å². The topological polar surface area (TPSA) is 73.6 Å². The first-order valence-corrected chi connectivity index (χ1v) is 9.28. The Morgan fingerprint density at radius 1 is 1.14 bits per heavy atom. The number of carbonyl (C=O) groups excluding carboxylic acids is 1. The highest BCUT2D eigenvalue weighted by atomic mass is 35.5. The summed E-state index contributed by atoms with van der Waals surface area (Å²) < 4.78 is 25.2. The van der Waals surface area contributed by atoms with Crippen LogP contribution >= 0.6 is 12.4 Å². The highest BCUT2D eigenvalue weighted by molar-refractivity contribution is 5.94. The van der Waals surface area contributed by atoms with Crippen molar-refractivity contribution in [2.45, 2.75) is 19.3 Å². The van der Waals surface area contributed by atoms with E-state index in [2.05, 4.69) is 5.32 Å². The van der Waals surface area contributed by atoms with Gasteiger partial charge in [0.25, 0.3) is 5.91 Å². The maximum atomic E-state index is 14.1. The van der Waals surface area contributed by atoms with Gasteiger partial charge in [-0.05, 0) is 67.6 Å². The van der Waals surface area contributed by atoms with E-state index in [0.717, 1.165) is 24.8 Å². The second kappa shape index (κ2) is 11.0. The zero-order valence-electron chi connectivity index (χ0n) is 15.7. The molecular weight excluding hydrogens is 383 g/mol. The molecule has 7 heteroatoms. The van der Waals surface area contributed by atoms with Crippen LogP contribution in [0.2, 0.25) is 0 Å². The van der Waals surface area contributed by atoms with Gasteiger partial charge in [-0.25, -0.2) is 4.39 Å². The summed E-state index contributed by atoms with van der Waals surface area (Å²) in [7, 11) is 0. The number of halogens is 2. The monoisotopic (exact) mass is 408 g/mol. The average Bonchev–Trinajstić information content (AvgIpc) is 2.70. The van der Waals surface area contributed by atoms with Gasteiger partial charge in [0.05, 0.1) is 5.56 Å². The molecule has 1 aliphatic heterocycles. The summed E-state index contributed by atoms with van der Waals surface area (Å²) in [4.78, 5) is 12.4. The lowest BCUT2D eigenvalue weighted by Crippen LogP contribution is -2.32. The van der Waals surface area contributed by atoms with Gasteiger partial charge < -0.3 is 20.5 Å². The van der Waals surface area contributed by atoms with Crippen LogP contribution in [0, 0.1) is 11.7 Å². The van der Waals surface area contributed by atoms with Crippen molar-refractivity contribution in [1.82, 2.24) is 5.32 Å². The van der Waals surface area contributed by atoms with E-state index in [0.29, 0.717) is 43.7 Å². The molecule has 1 saturated heterocycles. The van der Waals surface area contributed by atoms with E-state index in [1.54, 1.807) is 0 Å². The fourth-order valence-corrected chi connectivity index (χ4v) is 3.05. The van der Waals surface area contributed by atoms with Crippen molar-refractivity contribution in [3.8, 4) is 11.5 Å². The molecule has 3 rings (SSSR count). The molecule has 0 bridgehead atoms. The first-order chi connectivity index (χ1) is 13.2.